The number of ether oxygens (including phenoxy) is 3. The van der Waals surface area contributed by atoms with E-state index in [9.17, 15) is 19.2 Å². The number of ketones is 2. The minimum absolute atomic E-state index is 0.00777. The summed E-state index contributed by atoms with van der Waals surface area (Å²) in [4.78, 5) is 53.2. The van der Waals surface area contributed by atoms with Crippen LogP contribution in [0.5, 0.6) is 0 Å². The van der Waals surface area contributed by atoms with Crippen molar-refractivity contribution in [1.29, 1.82) is 0 Å². The Morgan fingerprint density at radius 2 is 1.72 bits per heavy atom. The molecular formula is C28H34O8. The van der Waals surface area contributed by atoms with Gasteiger partial charge in [-0.25, -0.2) is 4.79 Å². The Morgan fingerprint density at radius 1 is 1.00 bits per heavy atom. The molecule has 2 aliphatic heterocycles. The van der Waals surface area contributed by atoms with E-state index in [0.29, 0.717) is 12.8 Å². The molecule has 0 N–H and O–H groups in total. The van der Waals surface area contributed by atoms with Gasteiger partial charge in [0.25, 0.3) is 0 Å². The van der Waals surface area contributed by atoms with Gasteiger partial charge in [0.15, 0.2) is 6.10 Å². The molecule has 0 unspecified atom stereocenters. The van der Waals surface area contributed by atoms with Gasteiger partial charge in [0.2, 0.25) is 0 Å². The van der Waals surface area contributed by atoms with Crippen molar-refractivity contribution in [1.82, 2.24) is 0 Å². The number of fused-ring (bicyclic) bond motifs is 3. The lowest BCUT2D eigenvalue weighted by molar-refractivity contribution is -0.226. The molecule has 5 fully saturated rings. The third-order valence-corrected chi connectivity index (χ3v) is 11.2. The number of carbonyl (C=O) groups is 4. The fourth-order valence-corrected chi connectivity index (χ4v) is 9.31. The van der Waals surface area contributed by atoms with Crippen LogP contribution < -0.4 is 0 Å². The first-order chi connectivity index (χ1) is 16.8. The van der Waals surface area contributed by atoms with Crippen LogP contribution in [0.15, 0.2) is 23.0 Å². The maximum absolute atomic E-state index is 14.3. The number of Topliss-reactive ketones (excluding diaryl/α,β-unsaturated/α-hetero) is 2. The molecule has 1 aromatic rings. The average molecular weight is 499 g/mol. The number of furan rings is 1. The lowest BCUT2D eigenvalue weighted by atomic mass is 9.35. The molecule has 0 radical (unpaired) electrons. The summed E-state index contributed by atoms with van der Waals surface area (Å²) in [5.74, 6) is -1.47. The third-order valence-electron chi connectivity index (χ3n) is 11.2. The van der Waals surface area contributed by atoms with E-state index < -0.39 is 57.5 Å². The molecule has 3 aliphatic carbocycles. The second-order valence-electron chi connectivity index (χ2n) is 12.8. The maximum Gasteiger partial charge on any atom is 0.339 e. The van der Waals surface area contributed by atoms with Gasteiger partial charge in [-0.15, -0.1) is 0 Å². The molecule has 0 bridgehead atoms. The van der Waals surface area contributed by atoms with Crippen molar-refractivity contribution in [3.8, 4) is 0 Å². The first-order valence-corrected chi connectivity index (χ1v) is 12.9. The largest absolute Gasteiger partial charge is 0.472 e. The van der Waals surface area contributed by atoms with Gasteiger partial charge in [-0.2, -0.15) is 0 Å². The number of epoxide rings is 1. The normalized spacial score (nSPS) is 48.6. The number of carbonyl (C=O) groups excluding carboxylic acids is 4. The third kappa shape index (κ3) is 2.45. The van der Waals surface area contributed by atoms with E-state index in [4.69, 9.17) is 18.6 Å². The van der Waals surface area contributed by atoms with Crippen molar-refractivity contribution in [2.24, 2.45) is 33.5 Å². The molecule has 9 atom stereocenters. The highest BCUT2D eigenvalue weighted by Crippen LogP contribution is 2.79. The second kappa shape index (κ2) is 6.88. The van der Waals surface area contributed by atoms with Crippen molar-refractivity contribution >= 4 is 23.5 Å². The predicted molar refractivity (Wildman–Crippen MR) is 124 cm³/mol. The molecule has 8 nitrogen and oxygen atoms in total. The molecule has 3 saturated carbocycles. The van der Waals surface area contributed by atoms with Gasteiger partial charge in [0, 0.05) is 41.6 Å². The van der Waals surface area contributed by atoms with Crippen LogP contribution in [0.25, 0.3) is 0 Å². The first kappa shape index (κ1) is 23.9. The molecule has 36 heavy (non-hydrogen) atoms. The van der Waals surface area contributed by atoms with Gasteiger partial charge in [-0.1, -0.05) is 27.7 Å². The summed E-state index contributed by atoms with van der Waals surface area (Å²) < 4.78 is 23.1. The van der Waals surface area contributed by atoms with Gasteiger partial charge >= 0.3 is 11.9 Å². The zero-order chi connectivity index (χ0) is 26.1. The molecule has 0 aromatic carbocycles. The number of cyclic esters (lactones) is 1. The summed E-state index contributed by atoms with van der Waals surface area (Å²) in [6.45, 7) is 11.3. The highest BCUT2D eigenvalue weighted by molar-refractivity contribution is 5.97. The van der Waals surface area contributed by atoms with E-state index in [1.165, 1.54) is 6.92 Å². The van der Waals surface area contributed by atoms with Crippen LogP contribution in [0.4, 0.5) is 0 Å². The molecule has 0 amide bonds. The summed E-state index contributed by atoms with van der Waals surface area (Å²) in [7, 11) is 0. The smallest absolute Gasteiger partial charge is 0.339 e. The molecule has 2 saturated heterocycles. The summed E-state index contributed by atoms with van der Waals surface area (Å²) in [6, 6.07) is 1.79. The first-order valence-electron chi connectivity index (χ1n) is 12.9. The Morgan fingerprint density at radius 3 is 2.36 bits per heavy atom. The van der Waals surface area contributed by atoms with Crippen LogP contribution in [-0.4, -0.2) is 41.3 Å². The van der Waals surface area contributed by atoms with Crippen LogP contribution in [0.3, 0.4) is 0 Å². The minimum Gasteiger partial charge on any atom is -0.472 e. The van der Waals surface area contributed by atoms with Crippen molar-refractivity contribution in [2.75, 3.05) is 0 Å². The standard InChI is InChI=1S/C28H34O8/c1-14(29)34-20-12-18(30)26(5)16-7-9-25(4)21(15-8-10-33-13-15)35-23(32)22-28(25,36-22)27(16,6)19(31)11-17(26)24(20,2)3/h8,10,13,16-17,20-22H,7,9,11-12H2,1-6H3/t16-,17+,20-,21-,22-,25+,26-,27-,28+/m0/s1. The Kier molecular flexibility index (Phi) is 4.57. The van der Waals surface area contributed by atoms with Crippen LogP contribution in [0.2, 0.25) is 0 Å². The van der Waals surface area contributed by atoms with E-state index >= 15 is 0 Å². The topological polar surface area (TPSA) is 112 Å². The van der Waals surface area contributed by atoms with Crippen LogP contribution in [0, 0.1) is 33.5 Å². The molecule has 5 aliphatic rings. The average Bonchev–Trinajstić information content (AvgIpc) is 3.36. The lowest BCUT2D eigenvalue weighted by Gasteiger charge is -2.67. The summed E-state index contributed by atoms with van der Waals surface area (Å²) in [5, 5.41) is 0. The molecule has 8 heteroatoms. The molecule has 1 aromatic heterocycles. The number of hydrogen-bond donors (Lipinski definition) is 0. The van der Waals surface area contributed by atoms with Crippen LogP contribution in [-0.2, 0) is 33.4 Å². The zero-order valence-electron chi connectivity index (χ0n) is 21.7. The Balaban J connectivity index is 1.48. The predicted octanol–water partition coefficient (Wildman–Crippen LogP) is 3.96. The van der Waals surface area contributed by atoms with Crippen molar-refractivity contribution in [3.05, 3.63) is 24.2 Å². The van der Waals surface area contributed by atoms with Gasteiger partial charge in [-0.3, -0.25) is 14.4 Å². The van der Waals surface area contributed by atoms with Crippen molar-refractivity contribution in [3.63, 3.8) is 0 Å². The maximum atomic E-state index is 14.3. The Bertz CT molecular complexity index is 1180. The van der Waals surface area contributed by atoms with Crippen molar-refractivity contribution in [2.45, 2.75) is 91.1 Å². The van der Waals surface area contributed by atoms with E-state index in [1.807, 2.05) is 34.6 Å². The molecule has 6 rings (SSSR count). The lowest BCUT2D eigenvalue weighted by Crippen LogP contribution is -2.73. The second-order valence-corrected chi connectivity index (χ2v) is 12.8. The molecule has 3 heterocycles. The van der Waals surface area contributed by atoms with Gasteiger partial charge in [0.05, 0.1) is 17.9 Å². The fourth-order valence-electron chi connectivity index (χ4n) is 9.31. The molecule has 194 valence electrons. The highest BCUT2D eigenvalue weighted by atomic mass is 16.7. The van der Waals surface area contributed by atoms with E-state index in [2.05, 4.69) is 0 Å². The summed E-state index contributed by atoms with van der Waals surface area (Å²) >= 11 is 0. The van der Waals surface area contributed by atoms with E-state index in [0.717, 1.165) is 5.56 Å². The van der Waals surface area contributed by atoms with E-state index in [1.54, 1.807) is 18.6 Å². The van der Waals surface area contributed by atoms with Crippen LogP contribution >= 0.6 is 0 Å². The van der Waals surface area contributed by atoms with Gasteiger partial charge in [-0.05, 0) is 37.7 Å². The minimum atomic E-state index is -1.05. The fraction of sp³-hybridized carbons (Fsp3) is 0.714. The van der Waals surface area contributed by atoms with E-state index in [-0.39, 0.29) is 36.2 Å². The van der Waals surface area contributed by atoms with Gasteiger partial charge < -0.3 is 18.6 Å². The number of rotatable bonds is 2. The van der Waals surface area contributed by atoms with Crippen molar-refractivity contribution < 1.29 is 37.8 Å². The monoisotopic (exact) mass is 498 g/mol. The summed E-state index contributed by atoms with van der Waals surface area (Å²) in [6.07, 6.45) is 2.65. The molecule has 1 spiro atoms. The highest BCUT2D eigenvalue weighted by Gasteiger charge is 2.88. The van der Waals surface area contributed by atoms with Crippen LogP contribution in [0.1, 0.15) is 78.9 Å². The number of esters is 2. The Labute approximate surface area is 210 Å². The summed E-state index contributed by atoms with van der Waals surface area (Å²) in [5.41, 5.74) is -3.40. The quantitative estimate of drug-likeness (QED) is 0.445. The Hall–Kier alpha value is -2.48. The zero-order valence-corrected chi connectivity index (χ0v) is 21.7. The SMILES string of the molecule is CC(=O)O[C@H]1CC(=O)[C@]2(C)[C@H](CC(=O)[C@]3(C)[C@H]2CC[C@]2(C)[C@H](c4ccoc4)OC(=O)[C@@H]4O[C@]423)C1(C)C. The van der Waals surface area contributed by atoms with Gasteiger partial charge in [0.1, 0.15) is 29.4 Å². The molecular weight excluding hydrogens is 464 g/mol. The number of hydrogen-bond acceptors (Lipinski definition) is 8.